The van der Waals surface area contributed by atoms with Gasteiger partial charge in [0.25, 0.3) is 0 Å². The second-order valence-corrected chi connectivity index (χ2v) is 6.25. The van der Waals surface area contributed by atoms with Crippen LogP contribution in [0.15, 0.2) is 47.4 Å². The van der Waals surface area contributed by atoms with Crippen molar-refractivity contribution in [2.45, 2.75) is 20.2 Å². The first-order valence-electron chi connectivity index (χ1n) is 7.88. The standard InChI is InChI=1S/C19H14ClF3N2O2/c1-10-16(18(26)17(20)11(2)25-10)12-7-8-14(24-9-12)13-5-3-4-6-15(13)27-19(21,22)23/h3-9H,1-2H3,(H,25,26). The number of para-hydroxylation sites is 1. The molecule has 3 aromatic rings. The molecule has 0 spiro atoms. The third-order valence-corrected chi connectivity index (χ3v) is 4.40. The molecule has 0 aliphatic carbocycles. The van der Waals surface area contributed by atoms with Crippen LogP contribution < -0.4 is 10.2 Å². The Hall–Kier alpha value is -2.80. The second kappa shape index (κ2) is 7.08. The van der Waals surface area contributed by atoms with Crippen LogP contribution in [0, 0.1) is 13.8 Å². The van der Waals surface area contributed by atoms with E-state index in [1.54, 1.807) is 26.0 Å². The number of aryl methyl sites for hydroxylation is 2. The summed E-state index contributed by atoms with van der Waals surface area (Å²) in [5, 5.41) is 0.0867. The molecule has 4 nitrogen and oxygen atoms in total. The van der Waals surface area contributed by atoms with Crippen molar-refractivity contribution in [2.75, 3.05) is 0 Å². The minimum absolute atomic E-state index is 0.0867. The van der Waals surface area contributed by atoms with Gasteiger partial charge in [0.15, 0.2) is 0 Å². The fourth-order valence-electron chi connectivity index (χ4n) is 2.79. The largest absolute Gasteiger partial charge is 0.573 e. The van der Waals surface area contributed by atoms with Crippen molar-refractivity contribution in [2.24, 2.45) is 0 Å². The zero-order valence-corrected chi connectivity index (χ0v) is 15.1. The predicted molar refractivity (Wildman–Crippen MR) is 96.9 cm³/mol. The van der Waals surface area contributed by atoms with Crippen LogP contribution in [0.4, 0.5) is 13.2 Å². The normalized spacial score (nSPS) is 11.5. The average Bonchev–Trinajstić information content (AvgIpc) is 2.60. The Balaban J connectivity index is 2.04. The molecule has 0 saturated carbocycles. The topological polar surface area (TPSA) is 55.0 Å². The number of nitrogens with zero attached hydrogens (tertiary/aromatic N) is 1. The minimum atomic E-state index is -4.81. The van der Waals surface area contributed by atoms with E-state index in [0.717, 1.165) is 0 Å². The van der Waals surface area contributed by atoms with E-state index in [1.165, 1.54) is 30.5 Å². The van der Waals surface area contributed by atoms with Crippen LogP contribution in [0.3, 0.4) is 0 Å². The monoisotopic (exact) mass is 394 g/mol. The van der Waals surface area contributed by atoms with Crippen molar-refractivity contribution in [1.82, 2.24) is 9.97 Å². The first-order chi connectivity index (χ1) is 12.7. The smallest absolute Gasteiger partial charge is 0.405 e. The lowest BCUT2D eigenvalue weighted by Gasteiger charge is -2.13. The number of ether oxygens (including phenoxy) is 1. The van der Waals surface area contributed by atoms with E-state index in [-0.39, 0.29) is 27.5 Å². The van der Waals surface area contributed by atoms with Gasteiger partial charge in [0.05, 0.1) is 11.3 Å². The van der Waals surface area contributed by atoms with E-state index in [4.69, 9.17) is 11.6 Å². The van der Waals surface area contributed by atoms with Crippen molar-refractivity contribution in [3.63, 3.8) is 0 Å². The molecular formula is C19H14ClF3N2O2. The number of aromatic nitrogens is 2. The number of nitrogens with one attached hydrogen (secondary N) is 1. The third kappa shape index (κ3) is 3.98. The van der Waals surface area contributed by atoms with Gasteiger partial charge in [-0.05, 0) is 32.0 Å². The molecule has 2 heterocycles. The SMILES string of the molecule is Cc1[nH]c(C)c(-c2ccc(-c3ccccc3OC(F)(F)F)nc2)c(=O)c1Cl. The van der Waals surface area contributed by atoms with Gasteiger partial charge in [0.1, 0.15) is 10.8 Å². The maximum atomic E-state index is 12.6. The summed E-state index contributed by atoms with van der Waals surface area (Å²) in [7, 11) is 0. The second-order valence-electron chi connectivity index (χ2n) is 5.87. The Kier molecular flexibility index (Phi) is 4.97. The highest BCUT2D eigenvalue weighted by Gasteiger charge is 2.32. The molecule has 0 aliphatic rings. The fraction of sp³-hybridized carbons (Fsp3) is 0.158. The van der Waals surface area contributed by atoms with E-state index in [9.17, 15) is 18.0 Å². The molecule has 27 heavy (non-hydrogen) atoms. The Morgan fingerprint density at radius 2 is 1.78 bits per heavy atom. The van der Waals surface area contributed by atoms with Crippen molar-refractivity contribution < 1.29 is 17.9 Å². The summed E-state index contributed by atoms with van der Waals surface area (Å²) in [5.41, 5.74) is 2.20. The zero-order valence-electron chi connectivity index (χ0n) is 14.3. The molecule has 1 aromatic carbocycles. The molecule has 0 saturated heterocycles. The lowest BCUT2D eigenvalue weighted by molar-refractivity contribution is -0.274. The van der Waals surface area contributed by atoms with Gasteiger partial charge in [-0.15, -0.1) is 13.2 Å². The van der Waals surface area contributed by atoms with Crippen LogP contribution in [0.5, 0.6) is 5.75 Å². The van der Waals surface area contributed by atoms with Crippen LogP contribution in [0.25, 0.3) is 22.4 Å². The molecule has 3 rings (SSSR count). The quantitative estimate of drug-likeness (QED) is 0.658. The summed E-state index contributed by atoms with van der Waals surface area (Å²) in [6.45, 7) is 3.43. The highest BCUT2D eigenvalue weighted by molar-refractivity contribution is 6.31. The number of alkyl halides is 3. The molecule has 0 amide bonds. The maximum absolute atomic E-state index is 12.6. The number of aromatic amines is 1. The molecular weight excluding hydrogens is 381 g/mol. The predicted octanol–water partition coefficient (Wildman–Crippen LogP) is 5.27. The molecule has 0 aliphatic heterocycles. The Morgan fingerprint density at radius 1 is 1.07 bits per heavy atom. The number of halogens is 4. The van der Waals surface area contributed by atoms with Gasteiger partial charge in [-0.25, -0.2) is 0 Å². The molecule has 0 bridgehead atoms. The summed E-state index contributed by atoms with van der Waals surface area (Å²) < 4.78 is 41.8. The van der Waals surface area contributed by atoms with Gasteiger partial charge in [-0.2, -0.15) is 0 Å². The van der Waals surface area contributed by atoms with Gasteiger partial charge in [0.2, 0.25) is 5.43 Å². The van der Waals surface area contributed by atoms with Crippen LogP contribution in [0.1, 0.15) is 11.4 Å². The number of hydrogen-bond acceptors (Lipinski definition) is 3. The third-order valence-electron chi connectivity index (χ3n) is 3.95. The van der Waals surface area contributed by atoms with Crippen molar-refractivity contribution in [3.8, 4) is 28.1 Å². The van der Waals surface area contributed by atoms with Gasteiger partial charge in [-0.1, -0.05) is 29.8 Å². The van der Waals surface area contributed by atoms with Crippen molar-refractivity contribution >= 4 is 11.6 Å². The highest BCUT2D eigenvalue weighted by Crippen LogP contribution is 2.33. The molecule has 8 heteroatoms. The Morgan fingerprint density at radius 3 is 2.41 bits per heavy atom. The summed E-state index contributed by atoms with van der Waals surface area (Å²) in [4.78, 5) is 19.7. The number of benzene rings is 1. The summed E-state index contributed by atoms with van der Waals surface area (Å²) in [6.07, 6.45) is -3.39. The lowest BCUT2D eigenvalue weighted by Crippen LogP contribution is -2.17. The number of hydrogen-bond donors (Lipinski definition) is 1. The Bertz CT molecular complexity index is 1040. The lowest BCUT2D eigenvalue weighted by atomic mass is 10.0. The molecule has 0 unspecified atom stereocenters. The first kappa shape index (κ1) is 19.0. The molecule has 140 valence electrons. The van der Waals surface area contributed by atoms with Gasteiger partial charge >= 0.3 is 6.36 Å². The van der Waals surface area contributed by atoms with E-state index in [2.05, 4.69) is 14.7 Å². The summed E-state index contributed by atoms with van der Waals surface area (Å²) in [6, 6.07) is 8.85. The summed E-state index contributed by atoms with van der Waals surface area (Å²) >= 11 is 6.03. The molecule has 0 fully saturated rings. The first-order valence-corrected chi connectivity index (χ1v) is 8.25. The van der Waals surface area contributed by atoms with E-state index < -0.39 is 6.36 Å². The van der Waals surface area contributed by atoms with Gasteiger partial charge in [0, 0.05) is 28.7 Å². The van der Waals surface area contributed by atoms with Crippen molar-refractivity contribution in [3.05, 3.63) is 69.2 Å². The highest BCUT2D eigenvalue weighted by atomic mass is 35.5. The van der Waals surface area contributed by atoms with E-state index in [1.807, 2.05) is 0 Å². The van der Waals surface area contributed by atoms with Crippen LogP contribution in [-0.4, -0.2) is 16.3 Å². The molecule has 0 radical (unpaired) electrons. The number of H-pyrrole nitrogens is 1. The Labute approximate surface area is 157 Å². The average molecular weight is 395 g/mol. The van der Waals surface area contributed by atoms with Crippen LogP contribution in [0.2, 0.25) is 5.02 Å². The minimum Gasteiger partial charge on any atom is -0.405 e. The van der Waals surface area contributed by atoms with E-state index >= 15 is 0 Å². The van der Waals surface area contributed by atoms with E-state index in [0.29, 0.717) is 22.5 Å². The fourth-order valence-corrected chi connectivity index (χ4v) is 2.93. The van der Waals surface area contributed by atoms with Crippen LogP contribution in [-0.2, 0) is 0 Å². The molecule has 2 aromatic heterocycles. The number of rotatable bonds is 3. The van der Waals surface area contributed by atoms with Gasteiger partial charge < -0.3 is 9.72 Å². The number of pyridine rings is 2. The molecule has 1 N–H and O–H groups in total. The van der Waals surface area contributed by atoms with Crippen LogP contribution >= 0.6 is 11.6 Å². The molecule has 0 atom stereocenters. The summed E-state index contributed by atoms with van der Waals surface area (Å²) in [5.74, 6) is -0.349. The zero-order chi connectivity index (χ0) is 19.8. The van der Waals surface area contributed by atoms with Crippen molar-refractivity contribution in [1.29, 1.82) is 0 Å². The van der Waals surface area contributed by atoms with Gasteiger partial charge in [-0.3, -0.25) is 9.78 Å². The maximum Gasteiger partial charge on any atom is 0.573 e.